The Hall–Kier alpha value is -2.23. The van der Waals surface area contributed by atoms with Crippen LogP contribution >= 0.6 is 0 Å². The van der Waals surface area contributed by atoms with Gasteiger partial charge in [-0.05, 0) is 43.7 Å². The Morgan fingerprint density at radius 3 is 2.67 bits per heavy atom. The third-order valence-electron chi connectivity index (χ3n) is 3.07. The van der Waals surface area contributed by atoms with Gasteiger partial charge in [-0.15, -0.1) is 0 Å². The van der Waals surface area contributed by atoms with Crippen molar-refractivity contribution in [1.82, 2.24) is 9.71 Å². The first-order chi connectivity index (χ1) is 9.94. The number of aryl methyl sites for hydroxylation is 1. The predicted octanol–water partition coefficient (Wildman–Crippen LogP) is 2.30. The summed E-state index contributed by atoms with van der Waals surface area (Å²) >= 11 is 0. The lowest BCUT2D eigenvalue weighted by molar-refractivity contribution is 0.563. The molecule has 0 spiro atoms. The molecular weight excluding hydrogens is 286 g/mol. The minimum Gasteiger partial charge on any atom is -0.260 e. The molecule has 1 unspecified atom stereocenters. The fourth-order valence-corrected chi connectivity index (χ4v) is 3.44. The van der Waals surface area contributed by atoms with Crippen molar-refractivity contribution in [3.8, 4) is 6.07 Å². The summed E-state index contributed by atoms with van der Waals surface area (Å²) in [4.78, 5) is 4.25. The standard InChI is InChI=1S/C15H15N3O2S/c1-11-6-7-13(10-16)9-15(11)21(19,20)18-12(2)14-5-3-4-8-17-14/h3-9,12,18H,1-2H3. The van der Waals surface area contributed by atoms with Gasteiger partial charge in [-0.3, -0.25) is 4.98 Å². The SMILES string of the molecule is Cc1ccc(C#N)cc1S(=O)(=O)NC(C)c1ccccn1. The van der Waals surface area contributed by atoms with E-state index in [1.54, 1.807) is 50.4 Å². The van der Waals surface area contributed by atoms with Gasteiger partial charge in [0.15, 0.2) is 0 Å². The van der Waals surface area contributed by atoms with Crippen LogP contribution in [0.5, 0.6) is 0 Å². The molecule has 0 radical (unpaired) electrons. The number of hydrogen-bond donors (Lipinski definition) is 1. The zero-order chi connectivity index (χ0) is 15.5. The molecule has 1 heterocycles. The van der Waals surface area contributed by atoms with Gasteiger partial charge in [0.1, 0.15) is 0 Å². The van der Waals surface area contributed by atoms with Gasteiger partial charge in [0.2, 0.25) is 10.0 Å². The lowest BCUT2D eigenvalue weighted by Gasteiger charge is -2.15. The van der Waals surface area contributed by atoms with E-state index in [-0.39, 0.29) is 4.90 Å². The van der Waals surface area contributed by atoms with E-state index in [0.29, 0.717) is 16.8 Å². The Labute approximate surface area is 124 Å². The quantitative estimate of drug-likeness (QED) is 0.939. The van der Waals surface area contributed by atoms with Gasteiger partial charge < -0.3 is 0 Å². The average Bonchev–Trinajstić information content (AvgIpc) is 2.48. The molecule has 21 heavy (non-hydrogen) atoms. The Morgan fingerprint density at radius 1 is 1.29 bits per heavy atom. The Morgan fingerprint density at radius 2 is 2.05 bits per heavy atom. The minimum absolute atomic E-state index is 0.115. The number of benzene rings is 1. The van der Waals surface area contributed by atoms with E-state index in [9.17, 15) is 8.42 Å². The lowest BCUT2D eigenvalue weighted by atomic mass is 10.2. The van der Waals surface area contributed by atoms with Crippen molar-refractivity contribution >= 4 is 10.0 Å². The van der Waals surface area contributed by atoms with Gasteiger partial charge in [-0.2, -0.15) is 5.26 Å². The zero-order valence-electron chi connectivity index (χ0n) is 11.7. The molecule has 0 aliphatic heterocycles. The summed E-state index contributed by atoms with van der Waals surface area (Å²) in [6, 6.07) is 11.4. The maximum atomic E-state index is 12.5. The maximum absolute atomic E-state index is 12.5. The van der Waals surface area contributed by atoms with Crippen molar-refractivity contribution in [3.05, 3.63) is 59.4 Å². The largest absolute Gasteiger partial charge is 0.260 e. The molecule has 1 N–H and O–H groups in total. The number of nitriles is 1. The molecule has 1 aromatic carbocycles. The zero-order valence-corrected chi connectivity index (χ0v) is 12.6. The second kappa shape index (κ2) is 6.04. The van der Waals surface area contributed by atoms with Crippen LogP contribution in [0.15, 0.2) is 47.5 Å². The normalized spacial score (nSPS) is 12.6. The monoisotopic (exact) mass is 301 g/mol. The molecule has 6 heteroatoms. The molecule has 1 atom stereocenters. The topological polar surface area (TPSA) is 82.8 Å². The highest BCUT2D eigenvalue weighted by Gasteiger charge is 2.21. The van der Waals surface area contributed by atoms with E-state index < -0.39 is 16.1 Å². The number of aromatic nitrogens is 1. The molecule has 2 aromatic rings. The van der Waals surface area contributed by atoms with Crippen LogP contribution < -0.4 is 4.72 Å². The summed E-state index contributed by atoms with van der Waals surface area (Å²) in [7, 11) is -3.71. The van der Waals surface area contributed by atoms with E-state index >= 15 is 0 Å². The van der Waals surface area contributed by atoms with Gasteiger partial charge in [0.25, 0.3) is 0 Å². The predicted molar refractivity (Wildman–Crippen MR) is 78.9 cm³/mol. The van der Waals surface area contributed by atoms with Crippen LogP contribution in [0.1, 0.15) is 29.8 Å². The lowest BCUT2D eigenvalue weighted by Crippen LogP contribution is -2.28. The highest BCUT2D eigenvalue weighted by molar-refractivity contribution is 7.89. The van der Waals surface area contributed by atoms with Gasteiger partial charge in [-0.1, -0.05) is 12.1 Å². The van der Waals surface area contributed by atoms with Crippen molar-refractivity contribution < 1.29 is 8.42 Å². The summed E-state index contributed by atoms with van der Waals surface area (Å²) in [5.41, 5.74) is 1.54. The second-order valence-corrected chi connectivity index (χ2v) is 6.37. The maximum Gasteiger partial charge on any atom is 0.241 e. The molecule has 0 bridgehead atoms. The van der Waals surface area contributed by atoms with Crippen molar-refractivity contribution in [2.45, 2.75) is 24.8 Å². The fourth-order valence-electron chi connectivity index (χ4n) is 1.95. The van der Waals surface area contributed by atoms with Crippen LogP contribution in [-0.2, 0) is 10.0 Å². The van der Waals surface area contributed by atoms with Gasteiger partial charge in [0.05, 0.1) is 28.3 Å². The molecule has 0 amide bonds. The number of nitrogens with zero attached hydrogens (tertiary/aromatic N) is 2. The van der Waals surface area contributed by atoms with E-state index in [1.807, 2.05) is 6.07 Å². The first-order valence-electron chi connectivity index (χ1n) is 6.38. The first kappa shape index (κ1) is 15.2. The number of hydrogen-bond acceptors (Lipinski definition) is 4. The molecule has 0 aliphatic rings. The number of nitrogens with one attached hydrogen (secondary N) is 1. The third kappa shape index (κ3) is 3.45. The number of pyridine rings is 1. The Balaban J connectivity index is 2.33. The summed E-state index contributed by atoms with van der Waals surface area (Å²) in [5.74, 6) is 0. The summed E-state index contributed by atoms with van der Waals surface area (Å²) in [6.45, 7) is 3.42. The van der Waals surface area contributed by atoms with Crippen molar-refractivity contribution in [1.29, 1.82) is 5.26 Å². The number of rotatable bonds is 4. The van der Waals surface area contributed by atoms with E-state index in [1.165, 1.54) is 6.07 Å². The van der Waals surface area contributed by atoms with Gasteiger partial charge >= 0.3 is 0 Å². The molecule has 108 valence electrons. The molecule has 5 nitrogen and oxygen atoms in total. The number of sulfonamides is 1. The second-order valence-electron chi connectivity index (χ2n) is 4.69. The van der Waals surface area contributed by atoms with Gasteiger partial charge in [0, 0.05) is 6.20 Å². The average molecular weight is 301 g/mol. The van der Waals surface area contributed by atoms with Crippen molar-refractivity contribution in [3.63, 3.8) is 0 Å². The van der Waals surface area contributed by atoms with Gasteiger partial charge in [-0.25, -0.2) is 13.1 Å². The molecule has 0 saturated carbocycles. The Bertz CT molecular complexity index is 780. The van der Waals surface area contributed by atoms with Crippen LogP contribution in [0.25, 0.3) is 0 Å². The summed E-state index contributed by atoms with van der Waals surface area (Å²) < 4.78 is 27.5. The van der Waals surface area contributed by atoms with E-state index in [4.69, 9.17) is 5.26 Å². The van der Waals surface area contributed by atoms with Crippen LogP contribution in [0.2, 0.25) is 0 Å². The molecule has 2 rings (SSSR count). The van der Waals surface area contributed by atoms with E-state index in [0.717, 1.165) is 0 Å². The highest BCUT2D eigenvalue weighted by atomic mass is 32.2. The fraction of sp³-hybridized carbons (Fsp3) is 0.200. The molecule has 1 aromatic heterocycles. The Kier molecular flexibility index (Phi) is 4.36. The van der Waals surface area contributed by atoms with Crippen LogP contribution in [-0.4, -0.2) is 13.4 Å². The molecule has 0 aliphatic carbocycles. The van der Waals surface area contributed by atoms with Crippen LogP contribution in [0.4, 0.5) is 0 Å². The molecule has 0 fully saturated rings. The van der Waals surface area contributed by atoms with Crippen molar-refractivity contribution in [2.24, 2.45) is 0 Å². The van der Waals surface area contributed by atoms with Crippen molar-refractivity contribution in [2.75, 3.05) is 0 Å². The van der Waals surface area contributed by atoms with E-state index in [2.05, 4.69) is 9.71 Å². The molecule has 0 saturated heterocycles. The third-order valence-corrected chi connectivity index (χ3v) is 4.75. The molecular formula is C15H15N3O2S. The highest BCUT2D eigenvalue weighted by Crippen LogP contribution is 2.19. The summed E-state index contributed by atoms with van der Waals surface area (Å²) in [6.07, 6.45) is 1.61. The van der Waals surface area contributed by atoms with Crippen LogP contribution in [0, 0.1) is 18.3 Å². The van der Waals surface area contributed by atoms with Crippen LogP contribution in [0.3, 0.4) is 0 Å². The smallest absolute Gasteiger partial charge is 0.241 e. The first-order valence-corrected chi connectivity index (χ1v) is 7.86. The minimum atomic E-state index is -3.71. The summed E-state index contributed by atoms with van der Waals surface area (Å²) in [5, 5.41) is 8.90.